The molecule has 0 unspecified atom stereocenters. The molecule has 1 saturated heterocycles. The van der Waals surface area contributed by atoms with Crippen LogP contribution in [0.5, 0.6) is 11.5 Å². The number of morpholine rings is 1. The van der Waals surface area contributed by atoms with Crippen molar-refractivity contribution < 1.29 is 23.8 Å². The quantitative estimate of drug-likeness (QED) is 0.788. The molecule has 7 nitrogen and oxygen atoms in total. The number of amides is 2. The second-order valence-corrected chi connectivity index (χ2v) is 6.59. The molecule has 0 aromatic heterocycles. The van der Waals surface area contributed by atoms with Crippen LogP contribution in [0.3, 0.4) is 0 Å². The highest BCUT2D eigenvalue weighted by atomic mass is 16.5. The molecule has 1 atom stereocenters. The number of benzene rings is 1. The van der Waals surface area contributed by atoms with E-state index in [1.54, 1.807) is 31.3 Å². The van der Waals surface area contributed by atoms with Crippen LogP contribution in [0.15, 0.2) is 18.2 Å². The van der Waals surface area contributed by atoms with Gasteiger partial charge in [-0.1, -0.05) is 19.9 Å². The highest BCUT2D eigenvalue weighted by molar-refractivity contribution is 5.88. The molecule has 0 spiro atoms. The van der Waals surface area contributed by atoms with Crippen molar-refractivity contribution in [1.82, 2.24) is 10.2 Å². The van der Waals surface area contributed by atoms with Crippen LogP contribution >= 0.6 is 0 Å². The molecule has 26 heavy (non-hydrogen) atoms. The van der Waals surface area contributed by atoms with E-state index in [4.69, 9.17) is 14.2 Å². The number of nitrogens with one attached hydrogen (secondary N) is 1. The van der Waals surface area contributed by atoms with E-state index in [0.29, 0.717) is 37.8 Å². The van der Waals surface area contributed by atoms with Gasteiger partial charge in [-0.2, -0.15) is 0 Å². The number of nitrogens with zero attached hydrogens (tertiary/aromatic N) is 1. The molecule has 2 rings (SSSR count). The first-order valence-corrected chi connectivity index (χ1v) is 8.83. The molecule has 2 amide bonds. The average molecular weight is 364 g/mol. The number of carbonyl (C=O) groups is 2. The van der Waals surface area contributed by atoms with Gasteiger partial charge < -0.3 is 24.4 Å². The SMILES string of the molecule is COc1ccc(CC(=O)N[C@@H](C(=O)N2CCOCC2)C(C)C)cc1OC. The highest BCUT2D eigenvalue weighted by Gasteiger charge is 2.29. The van der Waals surface area contributed by atoms with Gasteiger partial charge >= 0.3 is 0 Å². The first-order valence-electron chi connectivity index (χ1n) is 8.83. The minimum atomic E-state index is -0.541. The van der Waals surface area contributed by atoms with Crippen LogP contribution in [0.1, 0.15) is 19.4 Å². The molecule has 0 saturated carbocycles. The lowest BCUT2D eigenvalue weighted by atomic mass is 10.0. The Morgan fingerprint density at radius 3 is 2.38 bits per heavy atom. The van der Waals surface area contributed by atoms with E-state index >= 15 is 0 Å². The lowest BCUT2D eigenvalue weighted by Gasteiger charge is -2.32. The molecule has 1 N–H and O–H groups in total. The highest BCUT2D eigenvalue weighted by Crippen LogP contribution is 2.27. The monoisotopic (exact) mass is 364 g/mol. The van der Waals surface area contributed by atoms with Crippen LogP contribution in [0.25, 0.3) is 0 Å². The topological polar surface area (TPSA) is 77.1 Å². The third-order valence-electron chi connectivity index (χ3n) is 4.38. The summed E-state index contributed by atoms with van der Waals surface area (Å²) in [6, 6.07) is 4.81. The minimum absolute atomic E-state index is 0.000279. The van der Waals surface area contributed by atoms with Crippen molar-refractivity contribution in [2.75, 3.05) is 40.5 Å². The van der Waals surface area contributed by atoms with Crippen LogP contribution in [-0.4, -0.2) is 63.3 Å². The molecule has 0 radical (unpaired) electrons. The Morgan fingerprint density at radius 2 is 1.81 bits per heavy atom. The normalized spacial score (nSPS) is 15.5. The average Bonchev–Trinajstić information content (AvgIpc) is 2.65. The summed E-state index contributed by atoms with van der Waals surface area (Å²) in [6.07, 6.45) is 0.167. The van der Waals surface area contributed by atoms with Crippen LogP contribution in [0.2, 0.25) is 0 Å². The van der Waals surface area contributed by atoms with E-state index in [2.05, 4.69) is 5.32 Å². The zero-order valence-corrected chi connectivity index (χ0v) is 15.9. The molecule has 1 heterocycles. The predicted octanol–water partition coefficient (Wildman–Crippen LogP) is 1.25. The summed E-state index contributed by atoms with van der Waals surface area (Å²) in [4.78, 5) is 27.0. The van der Waals surface area contributed by atoms with Crippen LogP contribution in [-0.2, 0) is 20.7 Å². The molecule has 144 valence electrons. The molecule has 0 aliphatic carbocycles. The Hall–Kier alpha value is -2.28. The summed E-state index contributed by atoms with van der Waals surface area (Å²) in [6.45, 7) is 6.06. The Morgan fingerprint density at radius 1 is 1.15 bits per heavy atom. The van der Waals surface area contributed by atoms with Gasteiger partial charge in [0.25, 0.3) is 0 Å². The Kier molecular flexibility index (Phi) is 7.26. The number of carbonyl (C=O) groups excluding carboxylic acids is 2. The zero-order chi connectivity index (χ0) is 19.1. The number of ether oxygens (including phenoxy) is 3. The summed E-state index contributed by atoms with van der Waals surface area (Å²) in [5, 5.41) is 2.89. The van der Waals surface area contributed by atoms with Crippen molar-refractivity contribution >= 4 is 11.8 Å². The molecule has 1 aromatic rings. The maximum atomic E-state index is 12.7. The fourth-order valence-corrected chi connectivity index (χ4v) is 2.89. The molecule has 1 fully saturated rings. The Labute approximate surface area is 154 Å². The number of hydrogen-bond acceptors (Lipinski definition) is 5. The third-order valence-corrected chi connectivity index (χ3v) is 4.38. The number of rotatable bonds is 7. The maximum Gasteiger partial charge on any atom is 0.245 e. The van der Waals surface area contributed by atoms with E-state index in [-0.39, 0.29) is 24.2 Å². The Bertz CT molecular complexity index is 626. The molecule has 7 heteroatoms. The first-order chi connectivity index (χ1) is 12.5. The molecular formula is C19H28N2O5. The van der Waals surface area contributed by atoms with Gasteiger partial charge in [0.15, 0.2) is 11.5 Å². The lowest BCUT2D eigenvalue weighted by molar-refractivity contribution is -0.141. The van der Waals surface area contributed by atoms with Crippen LogP contribution in [0.4, 0.5) is 0 Å². The van der Waals surface area contributed by atoms with Gasteiger partial charge in [-0.05, 0) is 23.6 Å². The lowest BCUT2D eigenvalue weighted by Crippen LogP contribution is -2.54. The fraction of sp³-hybridized carbons (Fsp3) is 0.579. The molecule has 0 bridgehead atoms. The van der Waals surface area contributed by atoms with Crippen molar-refractivity contribution in [3.63, 3.8) is 0 Å². The van der Waals surface area contributed by atoms with Crippen molar-refractivity contribution in [2.24, 2.45) is 5.92 Å². The van der Waals surface area contributed by atoms with Gasteiger partial charge in [0, 0.05) is 13.1 Å². The van der Waals surface area contributed by atoms with E-state index < -0.39 is 6.04 Å². The number of hydrogen-bond donors (Lipinski definition) is 1. The van der Waals surface area contributed by atoms with Crippen LogP contribution < -0.4 is 14.8 Å². The smallest absolute Gasteiger partial charge is 0.245 e. The standard InChI is InChI=1S/C19H28N2O5/c1-13(2)18(19(23)21-7-9-26-10-8-21)20-17(22)12-14-5-6-15(24-3)16(11-14)25-4/h5-6,11,13,18H,7-10,12H2,1-4H3,(H,20,22)/t18-/m1/s1. The summed E-state index contributed by atoms with van der Waals surface area (Å²) in [5.74, 6) is 0.933. The summed E-state index contributed by atoms with van der Waals surface area (Å²) >= 11 is 0. The van der Waals surface area contributed by atoms with Crippen molar-refractivity contribution in [3.05, 3.63) is 23.8 Å². The van der Waals surface area contributed by atoms with E-state index in [9.17, 15) is 9.59 Å². The summed E-state index contributed by atoms with van der Waals surface area (Å²) in [5.41, 5.74) is 0.793. The summed E-state index contributed by atoms with van der Waals surface area (Å²) in [7, 11) is 3.12. The molecule has 1 aliphatic heterocycles. The fourth-order valence-electron chi connectivity index (χ4n) is 2.89. The third kappa shape index (κ3) is 5.11. The van der Waals surface area contributed by atoms with E-state index in [0.717, 1.165) is 5.56 Å². The zero-order valence-electron chi connectivity index (χ0n) is 15.9. The first kappa shape index (κ1) is 20.0. The van der Waals surface area contributed by atoms with Gasteiger partial charge in [-0.25, -0.2) is 0 Å². The van der Waals surface area contributed by atoms with Gasteiger partial charge in [0.1, 0.15) is 6.04 Å². The number of methoxy groups -OCH3 is 2. The second kappa shape index (κ2) is 9.43. The van der Waals surface area contributed by atoms with Gasteiger partial charge in [-0.15, -0.1) is 0 Å². The van der Waals surface area contributed by atoms with Gasteiger partial charge in [0.2, 0.25) is 11.8 Å². The van der Waals surface area contributed by atoms with Gasteiger partial charge in [-0.3, -0.25) is 9.59 Å². The van der Waals surface area contributed by atoms with Crippen molar-refractivity contribution in [3.8, 4) is 11.5 Å². The maximum absolute atomic E-state index is 12.7. The minimum Gasteiger partial charge on any atom is -0.493 e. The summed E-state index contributed by atoms with van der Waals surface area (Å²) < 4.78 is 15.8. The molecule has 1 aliphatic rings. The predicted molar refractivity (Wildman–Crippen MR) is 97.4 cm³/mol. The van der Waals surface area contributed by atoms with E-state index in [1.807, 2.05) is 19.9 Å². The molecule has 1 aromatic carbocycles. The van der Waals surface area contributed by atoms with Crippen molar-refractivity contribution in [2.45, 2.75) is 26.3 Å². The Balaban J connectivity index is 2.02. The van der Waals surface area contributed by atoms with Gasteiger partial charge in [0.05, 0.1) is 33.9 Å². The van der Waals surface area contributed by atoms with Crippen LogP contribution in [0, 0.1) is 5.92 Å². The largest absolute Gasteiger partial charge is 0.493 e. The van der Waals surface area contributed by atoms with Crippen molar-refractivity contribution in [1.29, 1.82) is 0 Å². The molecular weight excluding hydrogens is 336 g/mol. The van der Waals surface area contributed by atoms with E-state index in [1.165, 1.54) is 0 Å². The second-order valence-electron chi connectivity index (χ2n) is 6.59.